The van der Waals surface area contributed by atoms with Crippen LogP contribution in [-0.2, 0) is 10.0 Å². The summed E-state index contributed by atoms with van der Waals surface area (Å²) in [6, 6.07) is 3.11. The number of nitrogens with zero attached hydrogens (tertiary/aromatic N) is 2. The van der Waals surface area contributed by atoms with Crippen LogP contribution in [-0.4, -0.2) is 30.8 Å². The van der Waals surface area contributed by atoms with Gasteiger partial charge in [0.25, 0.3) is 0 Å². The lowest BCUT2D eigenvalue weighted by Crippen LogP contribution is -2.41. The van der Waals surface area contributed by atoms with Crippen molar-refractivity contribution in [1.82, 2.24) is 9.29 Å². The van der Waals surface area contributed by atoms with E-state index < -0.39 is 10.0 Å². The third-order valence-corrected chi connectivity index (χ3v) is 5.08. The van der Waals surface area contributed by atoms with Gasteiger partial charge in [0.15, 0.2) is 0 Å². The van der Waals surface area contributed by atoms with Crippen molar-refractivity contribution in [3.05, 3.63) is 23.5 Å². The highest BCUT2D eigenvalue weighted by molar-refractivity contribution is 7.89. The molecule has 1 heterocycles. The van der Waals surface area contributed by atoms with E-state index in [4.69, 9.17) is 11.6 Å². The molecule has 6 heteroatoms. The average Bonchev–Trinajstić information content (AvgIpc) is 2.15. The van der Waals surface area contributed by atoms with Gasteiger partial charge in [-0.3, -0.25) is 0 Å². The topological polar surface area (TPSA) is 50.3 Å². The lowest BCUT2D eigenvalue weighted by atomic mass is 9.94. The maximum atomic E-state index is 12.1. The number of pyridine rings is 1. The van der Waals surface area contributed by atoms with Crippen LogP contribution in [0.1, 0.15) is 19.3 Å². The Morgan fingerprint density at radius 2 is 2.12 bits per heavy atom. The van der Waals surface area contributed by atoms with Gasteiger partial charge in [-0.15, -0.1) is 0 Å². The molecule has 1 saturated carbocycles. The van der Waals surface area contributed by atoms with Gasteiger partial charge in [-0.05, 0) is 25.0 Å². The zero-order valence-corrected chi connectivity index (χ0v) is 10.5. The Hall–Kier alpha value is -0.650. The van der Waals surface area contributed by atoms with E-state index in [9.17, 15) is 8.42 Å². The summed E-state index contributed by atoms with van der Waals surface area (Å²) in [5.74, 6) is 0. The second-order valence-electron chi connectivity index (χ2n) is 3.92. The van der Waals surface area contributed by atoms with E-state index in [2.05, 4.69) is 4.98 Å². The number of hydrogen-bond acceptors (Lipinski definition) is 3. The minimum atomic E-state index is -3.40. The zero-order valence-electron chi connectivity index (χ0n) is 8.93. The second-order valence-corrected chi connectivity index (χ2v) is 6.31. The molecule has 0 N–H and O–H groups in total. The number of hydrogen-bond donors (Lipinski definition) is 0. The minimum absolute atomic E-state index is 0.140. The van der Waals surface area contributed by atoms with Crippen LogP contribution >= 0.6 is 11.6 Å². The molecule has 1 aromatic heterocycles. The first-order valence-corrected chi connectivity index (χ1v) is 6.93. The largest absolute Gasteiger partial charge is 0.244 e. The fourth-order valence-corrected chi connectivity index (χ4v) is 3.10. The highest BCUT2D eigenvalue weighted by Gasteiger charge is 2.31. The van der Waals surface area contributed by atoms with Crippen LogP contribution in [0, 0.1) is 0 Å². The summed E-state index contributed by atoms with van der Waals surface area (Å²) in [5, 5.41) is 0.297. The molecule has 2 rings (SSSR count). The predicted octanol–water partition coefficient (Wildman–Crippen LogP) is 1.91. The van der Waals surface area contributed by atoms with E-state index in [1.54, 1.807) is 7.05 Å². The van der Waals surface area contributed by atoms with E-state index >= 15 is 0 Å². The molecule has 0 bridgehead atoms. The summed E-state index contributed by atoms with van der Waals surface area (Å²) in [6.07, 6.45) is 4.28. The van der Waals surface area contributed by atoms with Crippen molar-refractivity contribution >= 4 is 21.6 Å². The molecule has 0 aliphatic heterocycles. The van der Waals surface area contributed by atoms with E-state index in [-0.39, 0.29) is 10.9 Å². The van der Waals surface area contributed by atoms with Crippen molar-refractivity contribution in [3.63, 3.8) is 0 Å². The normalized spacial score (nSPS) is 17.4. The van der Waals surface area contributed by atoms with Gasteiger partial charge in [-0.2, -0.15) is 4.31 Å². The molecule has 1 aliphatic rings. The van der Waals surface area contributed by atoms with Gasteiger partial charge in [-0.1, -0.05) is 18.0 Å². The van der Waals surface area contributed by atoms with Crippen LogP contribution in [0.3, 0.4) is 0 Å². The van der Waals surface area contributed by atoms with Crippen molar-refractivity contribution < 1.29 is 8.42 Å². The van der Waals surface area contributed by atoms with Gasteiger partial charge in [0.1, 0.15) is 10.0 Å². The van der Waals surface area contributed by atoms with Crippen LogP contribution in [0.5, 0.6) is 0 Å². The SMILES string of the molecule is CN(C1CCC1)S(=O)(=O)c1ccc(Cl)nc1. The quantitative estimate of drug-likeness (QED) is 0.780. The third kappa shape index (κ3) is 2.07. The average molecular weight is 261 g/mol. The molecule has 0 atom stereocenters. The molecule has 0 saturated heterocycles. The van der Waals surface area contributed by atoms with Crippen LogP contribution in [0.4, 0.5) is 0 Å². The molecule has 0 radical (unpaired) electrons. The van der Waals surface area contributed by atoms with Crippen molar-refractivity contribution in [3.8, 4) is 0 Å². The Kier molecular flexibility index (Phi) is 3.19. The van der Waals surface area contributed by atoms with Gasteiger partial charge >= 0.3 is 0 Å². The number of aromatic nitrogens is 1. The predicted molar refractivity (Wildman–Crippen MR) is 61.8 cm³/mol. The minimum Gasteiger partial charge on any atom is -0.243 e. The number of sulfonamides is 1. The molecule has 0 spiro atoms. The van der Waals surface area contributed by atoms with Crippen molar-refractivity contribution in [2.75, 3.05) is 7.05 Å². The Morgan fingerprint density at radius 1 is 1.44 bits per heavy atom. The lowest BCUT2D eigenvalue weighted by molar-refractivity contribution is 0.249. The van der Waals surface area contributed by atoms with Gasteiger partial charge in [0, 0.05) is 19.3 Å². The molecule has 1 aromatic rings. The molecule has 0 amide bonds. The van der Waals surface area contributed by atoms with Gasteiger partial charge < -0.3 is 0 Å². The molecule has 4 nitrogen and oxygen atoms in total. The summed E-state index contributed by atoms with van der Waals surface area (Å²) in [4.78, 5) is 3.99. The van der Waals surface area contributed by atoms with E-state index in [1.165, 1.54) is 22.6 Å². The summed E-state index contributed by atoms with van der Waals surface area (Å²) >= 11 is 5.62. The standard InChI is InChI=1S/C10H13ClN2O2S/c1-13(8-3-2-4-8)16(14,15)9-5-6-10(11)12-7-9/h5-8H,2-4H2,1H3. The number of rotatable bonds is 3. The summed E-state index contributed by atoms with van der Waals surface area (Å²) in [6.45, 7) is 0. The Morgan fingerprint density at radius 3 is 2.56 bits per heavy atom. The summed E-state index contributed by atoms with van der Waals surface area (Å²) < 4.78 is 25.7. The third-order valence-electron chi connectivity index (χ3n) is 2.97. The Balaban J connectivity index is 2.27. The fourth-order valence-electron chi connectivity index (χ4n) is 1.63. The molecule has 1 aliphatic carbocycles. The molecule has 0 unspecified atom stereocenters. The number of halogens is 1. The van der Waals surface area contributed by atoms with E-state index in [1.807, 2.05) is 0 Å². The Bertz CT molecular complexity index is 468. The maximum absolute atomic E-state index is 12.1. The second kappa shape index (κ2) is 4.31. The first-order chi connectivity index (χ1) is 7.51. The van der Waals surface area contributed by atoms with Crippen LogP contribution in [0.15, 0.2) is 23.2 Å². The fraction of sp³-hybridized carbons (Fsp3) is 0.500. The highest BCUT2D eigenvalue weighted by atomic mass is 35.5. The molecule has 16 heavy (non-hydrogen) atoms. The Labute approximate surface area is 100 Å². The molecule has 0 aromatic carbocycles. The van der Waals surface area contributed by atoms with Gasteiger partial charge in [0.05, 0.1) is 0 Å². The smallest absolute Gasteiger partial charge is 0.243 e. The maximum Gasteiger partial charge on any atom is 0.244 e. The molecular formula is C10H13ClN2O2S. The van der Waals surface area contributed by atoms with Crippen molar-refractivity contribution in [2.45, 2.75) is 30.2 Å². The summed E-state index contributed by atoms with van der Waals surface area (Å²) in [7, 11) is -1.78. The first kappa shape index (κ1) is 11.8. The molecule has 88 valence electrons. The first-order valence-electron chi connectivity index (χ1n) is 5.11. The van der Waals surface area contributed by atoms with Crippen LogP contribution < -0.4 is 0 Å². The molecular weight excluding hydrogens is 248 g/mol. The van der Waals surface area contributed by atoms with E-state index in [0.717, 1.165) is 19.3 Å². The van der Waals surface area contributed by atoms with Gasteiger partial charge in [0.2, 0.25) is 10.0 Å². The lowest BCUT2D eigenvalue weighted by Gasteiger charge is -2.33. The zero-order chi connectivity index (χ0) is 11.8. The summed E-state index contributed by atoms with van der Waals surface area (Å²) in [5.41, 5.74) is 0. The van der Waals surface area contributed by atoms with Crippen molar-refractivity contribution in [2.24, 2.45) is 0 Å². The highest BCUT2D eigenvalue weighted by Crippen LogP contribution is 2.28. The monoisotopic (exact) mass is 260 g/mol. The van der Waals surface area contributed by atoms with Crippen molar-refractivity contribution in [1.29, 1.82) is 0 Å². The van der Waals surface area contributed by atoms with Crippen LogP contribution in [0.25, 0.3) is 0 Å². The molecule has 1 fully saturated rings. The van der Waals surface area contributed by atoms with Crippen LogP contribution in [0.2, 0.25) is 5.15 Å². The van der Waals surface area contributed by atoms with E-state index in [0.29, 0.717) is 5.15 Å². The van der Waals surface area contributed by atoms with Gasteiger partial charge in [-0.25, -0.2) is 13.4 Å².